The van der Waals surface area contributed by atoms with E-state index in [9.17, 15) is 0 Å². The number of hydrogen-bond acceptors (Lipinski definition) is 2. The number of hydrogen-bond donors (Lipinski definition) is 1. The third-order valence-electron chi connectivity index (χ3n) is 4.20. The van der Waals surface area contributed by atoms with E-state index >= 15 is 0 Å². The lowest BCUT2D eigenvalue weighted by Gasteiger charge is -2.27. The first kappa shape index (κ1) is 12.4. The van der Waals surface area contributed by atoms with Gasteiger partial charge in [0.05, 0.1) is 0 Å². The highest BCUT2D eigenvalue weighted by molar-refractivity contribution is 4.88. The molecule has 0 spiro atoms. The van der Waals surface area contributed by atoms with Crippen LogP contribution in [0.3, 0.4) is 0 Å². The maximum Gasteiger partial charge on any atom is 0.0111 e. The summed E-state index contributed by atoms with van der Waals surface area (Å²) in [7, 11) is 0. The van der Waals surface area contributed by atoms with Crippen LogP contribution < -0.4 is 5.32 Å². The first-order valence-corrected chi connectivity index (χ1v) is 7.30. The summed E-state index contributed by atoms with van der Waals surface area (Å²) in [5.41, 5.74) is 0. The lowest BCUT2D eigenvalue weighted by Crippen LogP contribution is -2.37. The molecule has 0 radical (unpaired) electrons. The predicted molar refractivity (Wildman–Crippen MR) is 69.7 cm³/mol. The quantitative estimate of drug-likeness (QED) is 0.715. The molecule has 2 saturated carbocycles. The zero-order chi connectivity index (χ0) is 11.4. The molecule has 0 saturated heterocycles. The van der Waals surface area contributed by atoms with Gasteiger partial charge in [-0.1, -0.05) is 13.8 Å². The van der Waals surface area contributed by atoms with Gasteiger partial charge in [-0.3, -0.25) is 0 Å². The van der Waals surface area contributed by atoms with E-state index in [1.807, 2.05) is 0 Å². The van der Waals surface area contributed by atoms with Crippen molar-refractivity contribution in [3.05, 3.63) is 0 Å². The summed E-state index contributed by atoms with van der Waals surface area (Å²) in [6.07, 6.45) is 8.44. The Morgan fingerprint density at radius 2 is 1.94 bits per heavy atom. The molecule has 2 unspecified atom stereocenters. The molecule has 2 fully saturated rings. The van der Waals surface area contributed by atoms with Crippen LogP contribution in [0.2, 0.25) is 0 Å². The molecule has 0 amide bonds. The summed E-state index contributed by atoms with van der Waals surface area (Å²) in [5.74, 6) is 1.04. The molecule has 0 aliphatic heterocycles. The first-order chi connectivity index (χ1) is 7.83. The number of nitrogens with one attached hydrogen (secondary N) is 1. The fraction of sp³-hybridized carbons (Fsp3) is 1.00. The molecule has 94 valence electrons. The normalized spacial score (nSPS) is 30.2. The average molecular weight is 224 g/mol. The molecule has 2 rings (SSSR count). The van der Waals surface area contributed by atoms with Gasteiger partial charge in [-0.05, 0) is 57.5 Å². The Hall–Kier alpha value is -0.0800. The van der Waals surface area contributed by atoms with E-state index in [4.69, 9.17) is 0 Å². The Morgan fingerprint density at radius 3 is 2.56 bits per heavy atom. The molecule has 0 heterocycles. The molecule has 0 aromatic heterocycles. The molecule has 2 aliphatic rings. The minimum atomic E-state index is 0.804. The fourth-order valence-electron chi connectivity index (χ4n) is 2.99. The summed E-state index contributed by atoms with van der Waals surface area (Å²) in [5, 5.41) is 3.68. The van der Waals surface area contributed by atoms with Crippen molar-refractivity contribution in [3.8, 4) is 0 Å². The van der Waals surface area contributed by atoms with E-state index in [0.717, 1.165) is 18.0 Å². The van der Waals surface area contributed by atoms with Crippen LogP contribution in [0.1, 0.15) is 52.4 Å². The van der Waals surface area contributed by atoms with Crippen molar-refractivity contribution >= 4 is 0 Å². The van der Waals surface area contributed by atoms with Crippen molar-refractivity contribution in [1.29, 1.82) is 0 Å². The van der Waals surface area contributed by atoms with Gasteiger partial charge in [-0.25, -0.2) is 0 Å². The van der Waals surface area contributed by atoms with E-state index < -0.39 is 0 Å². The van der Waals surface area contributed by atoms with Gasteiger partial charge < -0.3 is 10.2 Å². The van der Waals surface area contributed by atoms with Crippen molar-refractivity contribution in [2.24, 2.45) is 5.92 Å². The molecule has 2 heteroatoms. The van der Waals surface area contributed by atoms with Crippen molar-refractivity contribution in [1.82, 2.24) is 10.2 Å². The van der Waals surface area contributed by atoms with Crippen LogP contribution in [0.5, 0.6) is 0 Å². The third kappa shape index (κ3) is 3.46. The van der Waals surface area contributed by atoms with Crippen LogP contribution in [0.15, 0.2) is 0 Å². The average Bonchev–Trinajstić information content (AvgIpc) is 3.00. The lowest BCUT2D eigenvalue weighted by molar-refractivity contribution is 0.197. The number of nitrogens with zero attached hydrogens (tertiary/aromatic N) is 1. The second kappa shape index (κ2) is 6.02. The van der Waals surface area contributed by atoms with Crippen LogP contribution in [0.25, 0.3) is 0 Å². The van der Waals surface area contributed by atoms with Crippen LogP contribution in [-0.2, 0) is 0 Å². The summed E-state index contributed by atoms with van der Waals surface area (Å²) >= 11 is 0. The monoisotopic (exact) mass is 224 g/mol. The number of rotatable bonds is 7. The van der Waals surface area contributed by atoms with Crippen molar-refractivity contribution < 1.29 is 0 Å². The molecule has 2 nitrogen and oxygen atoms in total. The Labute approximate surface area is 101 Å². The Bertz CT molecular complexity index is 201. The Kier molecular flexibility index (Phi) is 4.66. The van der Waals surface area contributed by atoms with Gasteiger partial charge in [0.2, 0.25) is 0 Å². The van der Waals surface area contributed by atoms with Gasteiger partial charge in [0.1, 0.15) is 0 Å². The topological polar surface area (TPSA) is 15.3 Å². The van der Waals surface area contributed by atoms with Crippen molar-refractivity contribution in [3.63, 3.8) is 0 Å². The SMILES string of the molecule is CCCNC1CCC(N(CC)CC2CC2)C1. The summed E-state index contributed by atoms with van der Waals surface area (Å²) in [4.78, 5) is 2.74. The highest BCUT2D eigenvalue weighted by Gasteiger charge is 2.31. The van der Waals surface area contributed by atoms with Crippen LogP contribution in [-0.4, -0.2) is 36.6 Å². The fourth-order valence-corrected chi connectivity index (χ4v) is 2.99. The molecule has 16 heavy (non-hydrogen) atoms. The van der Waals surface area contributed by atoms with E-state index in [0.29, 0.717) is 0 Å². The highest BCUT2D eigenvalue weighted by atomic mass is 15.2. The lowest BCUT2D eigenvalue weighted by atomic mass is 10.2. The van der Waals surface area contributed by atoms with Gasteiger partial charge in [0, 0.05) is 18.6 Å². The largest absolute Gasteiger partial charge is 0.314 e. The van der Waals surface area contributed by atoms with Crippen LogP contribution >= 0.6 is 0 Å². The molecule has 0 aromatic carbocycles. The summed E-state index contributed by atoms with van der Waals surface area (Å²) in [6.45, 7) is 8.41. The molecule has 0 aromatic rings. The van der Waals surface area contributed by atoms with E-state index in [2.05, 4.69) is 24.1 Å². The van der Waals surface area contributed by atoms with Gasteiger partial charge >= 0.3 is 0 Å². The molecule has 2 aliphatic carbocycles. The van der Waals surface area contributed by atoms with Gasteiger partial charge in [0.15, 0.2) is 0 Å². The molecule has 2 atom stereocenters. The smallest absolute Gasteiger partial charge is 0.0111 e. The predicted octanol–water partition coefficient (Wildman–Crippen LogP) is 2.64. The van der Waals surface area contributed by atoms with Gasteiger partial charge in [0.25, 0.3) is 0 Å². The van der Waals surface area contributed by atoms with E-state index in [-0.39, 0.29) is 0 Å². The van der Waals surface area contributed by atoms with E-state index in [1.54, 1.807) is 0 Å². The van der Waals surface area contributed by atoms with Gasteiger partial charge in [-0.15, -0.1) is 0 Å². The minimum Gasteiger partial charge on any atom is -0.314 e. The maximum absolute atomic E-state index is 3.68. The molecular weight excluding hydrogens is 196 g/mol. The highest BCUT2D eigenvalue weighted by Crippen LogP contribution is 2.32. The second-order valence-electron chi connectivity index (χ2n) is 5.65. The van der Waals surface area contributed by atoms with E-state index in [1.165, 1.54) is 58.2 Å². The summed E-state index contributed by atoms with van der Waals surface area (Å²) < 4.78 is 0. The van der Waals surface area contributed by atoms with Gasteiger partial charge in [-0.2, -0.15) is 0 Å². The standard InChI is InChI=1S/C14H28N2/c1-3-9-15-13-7-8-14(10-13)16(4-2)11-12-5-6-12/h12-15H,3-11H2,1-2H3. The molecule has 0 bridgehead atoms. The third-order valence-corrected chi connectivity index (χ3v) is 4.20. The minimum absolute atomic E-state index is 0.804. The summed E-state index contributed by atoms with van der Waals surface area (Å²) in [6, 6.07) is 1.68. The zero-order valence-electron chi connectivity index (χ0n) is 11.0. The maximum atomic E-state index is 3.68. The first-order valence-electron chi connectivity index (χ1n) is 7.30. The van der Waals surface area contributed by atoms with Crippen molar-refractivity contribution in [2.75, 3.05) is 19.6 Å². The van der Waals surface area contributed by atoms with Crippen molar-refractivity contribution in [2.45, 2.75) is 64.5 Å². The molecule has 1 N–H and O–H groups in total. The zero-order valence-corrected chi connectivity index (χ0v) is 11.0. The second-order valence-corrected chi connectivity index (χ2v) is 5.65. The van der Waals surface area contributed by atoms with Crippen LogP contribution in [0, 0.1) is 5.92 Å². The molecular formula is C14H28N2. The van der Waals surface area contributed by atoms with Crippen LogP contribution in [0.4, 0.5) is 0 Å². The Balaban J connectivity index is 1.72. The Morgan fingerprint density at radius 1 is 1.12 bits per heavy atom.